The summed E-state index contributed by atoms with van der Waals surface area (Å²) in [6.45, 7) is 2.22. The van der Waals surface area contributed by atoms with E-state index >= 15 is 0 Å². The Morgan fingerprint density at radius 3 is 3.23 bits per heavy atom. The number of esters is 1. The van der Waals surface area contributed by atoms with Gasteiger partial charge in [0.1, 0.15) is 0 Å². The van der Waals surface area contributed by atoms with E-state index < -0.39 is 5.97 Å². The Labute approximate surface area is 129 Å². The Kier molecular flexibility index (Phi) is 4.15. The molecule has 8 nitrogen and oxygen atoms in total. The van der Waals surface area contributed by atoms with Gasteiger partial charge in [-0.2, -0.15) is 5.10 Å². The Hall–Kier alpha value is -2.68. The number of aromatic nitrogens is 2. The number of ether oxygens (including phenoxy) is 3. The molecule has 2 aromatic rings. The summed E-state index contributed by atoms with van der Waals surface area (Å²) in [4.78, 5) is 11.6. The van der Waals surface area contributed by atoms with Crippen molar-refractivity contribution in [3.8, 4) is 11.5 Å². The Balaban J connectivity index is 1.68. The molecule has 3 rings (SSSR count). The maximum absolute atomic E-state index is 11.6. The zero-order chi connectivity index (χ0) is 15.4. The van der Waals surface area contributed by atoms with Crippen LogP contribution in [0, 0.1) is 0 Å². The molecule has 2 heterocycles. The normalized spacial score (nSPS) is 12.6. The van der Waals surface area contributed by atoms with E-state index in [-0.39, 0.29) is 19.1 Å². The predicted molar refractivity (Wildman–Crippen MR) is 79.6 cm³/mol. The van der Waals surface area contributed by atoms with Gasteiger partial charge in [-0.1, -0.05) is 4.49 Å². The Morgan fingerprint density at radius 1 is 1.50 bits per heavy atom. The van der Waals surface area contributed by atoms with Gasteiger partial charge in [-0.3, -0.25) is 5.43 Å². The van der Waals surface area contributed by atoms with Gasteiger partial charge in [-0.05, 0) is 30.7 Å². The van der Waals surface area contributed by atoms with E-state index in [4.69, 9.17) is 14.2 Å². The third-order valence-electron chi connectivity index (χ3n) is 2.73. The molecule has 1 N–H and O–H groups in total. The molecule has 22 heavy (non-hydrogen) atoms. The van der Waals surface area contributed by atoms with Gasteiger partial charge in [0.15, 0.2) is 16.5 Å². The van der Waals surface area contributed by atoms with Gasteiger partial charge >= 0.3 is 5.97 Å². The zero-order valence-corrected chi connectivity index (χ0v) is 12.4. The van der Waals surface area contributed by atoms with Gasteiger partial charge in [0.05, 0.1) is 12.8 Å². The fourth-order valence-corrected chi connectivity index (χ4v) is 2.26. The van der Waals surface area contributed by atoms with Gasteiger partial charge in [0.25, 0.3) is 0 Å². The summed E-state index contributed by atoms with van der Waals surface area (Å²) in [5.41, 5.74) is 3.68. The molecule has 1 aromatic heterocycles. The summed E-state index contributed by atoms with van der Waals surface area (Å²) in [5, 5.41) is 8.22. The average molecular weight is 320 g/mol. The lowest BCUT2D eigenvalue weighted by Gasteiger charge is -2.00. The SMILES string of the molecule is CCOC(=O)c1nnsc1N/N=C/c1ccc2c(c1)OCO2. The van der Waals surface area contributed by atoms with Crippen LogP contribution in [0.3, 0.4) is 0 Å². The van der Waals surface area contributed by atoms with Crippen LogP contribution in [-0.4, -0.2) is 35.2 Å². The van der Waals surface area contributed by atoms with Gasteiger partial charge in [0.2, 0.25) is 12.5 Å². The molecule has 0 fully saturated rings. The fraction of sp³-hybridized carbons (Fsp3) is 0.231. The molecule has 0 bridgehead atoms. The predicted octanol–water partition coefficient (Wildman–Crippen LogP) is 1.89. The summed E-state index contributed by atoms with van der Waals surface area (Å²) in [6, 6.07) is 5.46. The van der Waals surface area contributed by atoms with E-state index in [0.29, 0.717) is 16.5 Å². The monoisotopic (exact) mass is 320 g/mol. The van der Waals surface area contributed by atoms with Gasteiger partial charge in [-0.15, -0.1) is 5.10 Å². The van der Waals surface area contributed by atoms with Crippen LogP contribution in [0.1, 0.15) is 23.0 Å². The first-order valence-electron chi connectivity index (χ1n) is 6.46. The maximum atomic E-state index is 11.6. The number of hydrogen-bond donors (Lipinski definition) is 1. The van der Waals surface area contributed by atoms with Crippen LogP contribution in [0.5, 0.6) is 11.5 Å². The third kappa shape index (κ3) is 2.98. The summed E-state index contributed by atoms with van der Waals surface area (Å²) in [6.07, 6.45) is 1.59. The van der Waals surface area contributed by atoms with Crippen molar-refractivity contribution in [1.29, 1.82) is 0 Å². The second-order valence-corrected chi connectivity index (χ2v) is 4.91. The van der Waals surface area contributed by atoms with Crippen LogP contribution in [-0.2, 0) is 4.74 Å². The van der Waals surface area contributed by atoms with Crippen molar-refractivity contribution < 1.29 is 19.0 Å². The average Bonchev–Trinajstić information content (AvgIpc) is 3.15. The first-order chi connectivity index (χ1) is 10.8. The van der Waals surface area contributed by atoms with E-state index in [9.17, 15) is 4.79 Å². The van der Waals surface area contributed by atoms with Crippen molar-refractivity contribution in [1.82, 2.24) is 9.59 Å². The third-order valence-corrected chi connectivity index (χ3v) is 3.36. The summed E-state index contributed by atoms with van der Waals surface area (Å²) in [7, 11) is 0. The van der Waals surface area contributed by atoms with E-state index in [1.807, 2.05) is 18.2 Å². The lowest BCUT2D eigenvalue weighted by molar-refractivity contribution is 0.0520. The largest absolute Gasteiger partial charge is 0.461 e. The molecular weight excluding hydrogens is 308 g/mol. The molecule has 1 aliphatic heterocycles. The van der Waals surface area contributed by atoms with Crippen molar-refractivity contribution in [3.05, 3.63) is 29.5 Å². The number of benzene rings is 1. The number of carbonyl (C=O) groups excluding carboxylic acids is 1. The highest BCUT2D eigenvalue weighted by Crippen LogP contribution is 2.32. The Morgan fingerprint density at radius 2 is 2.36 bits per heavy atom. The van der Waals surface area contributed by atoms with Crippen LogP contribution >= 0.6 is 11.5 Å². The van der Waals surface area contributed by atoms with Crippen molar-refractivity contribution in [3.63, 3.8) is 0 Å². The molecular formula is C13H12N4O4S. The molecule has 114 valence electrons. The van der Waals surface area contributed by atoms with Gasteiger partial charge in [-0.25, -0.2) is 4.79 Å². The standard InChI is InChI=1S/C13H12N4O4S/c1-2-19-13(18)11-12(22-17-15-11)16-14-6-8-3-4-9-10(5-8)21-7-20-9/h3-6,16H,2,7H2,1H3/b14-6+. The number of fused-ring (bicyclic) bond motifs is 1. The lowest BCUT2D eigenvalue weighted by Crippen LogP contribution is -2.07. The number of nitrogens with zero attached hydrogens (tertiary/aromatic N) is 3. The van der Waals surface area contributed by atoms with E-state index in [0.717, 1.165) is 17.1 Å². The smallest absolute Gasteiger partial charge is 0.362 e. The highest BCUT2D eigenvalue weighted by Gasteiger charge is 2.17. The van der Waals surface area contributed by atoms with Crippen LogP contribution in [0.4, 0.5) is 5.00 Å². The molecule has 1 aromatic carbocycles. The maximum Gasteiger partial charge on any atom is 0.362 e. The van der Waals surface area contributed by atoms with Crippen molar-refractivity contribution >= 4 is 28.7 Å². The molecule has 9 heteroatoms. The van der Waals surface area contributed by atoms with Crippen LogP contribution < -0.4 is 14.9 Å². The number of hydrogen-bond acceptors (Lipinski definition) is 9. The number of rotatable bonds is 5. The van der Waals surface area contributed by atoms with E-state index in [2.05, 4.69) is 20.1 Å². The summed E-state index contributed by atoms with van der Waals surface area (Å²) >= 11 is 1.03. The highest BCUT2D eigenvalue weighted by atomic mass is 32.1. The van der Waals surface area contributed by atoms with Gasteiger partial charge < -0.3 is 14.2 Å². The summed E-state index contributed by atoms with van der Waals surface area (Å²) in [5.74, 6) is 0.856. The number of anilines is 1. The summed E-state index contributed by atoms with van der Waals surface area (Å²) < 4.78 is 19.1. The highest BCUT2D eigenvalue weighted by molar-refractivity contribution is 7.10. The van der Waals surface area contributed by atoms with Crippen molar-refractivity contribution in [2.24, 2.45) is 5.10 Å². The van der Waals surface area contributed by atoms with Crippen molar-refractivity contribution in [2.75, 3.05) is 18.8 Å². The minimum atomic E-state index is -0.531. The number of carbonyl (C=O) groups is 1. The molecule has 1 aliphatic rings. The first-order valence-corrected chi connectivity index (χ1v) is 7.23. The second-order valence-electron chi connectivity index (χ2n) is 4.15. The van der Waals surface area contributed by atoms with Crippen LogP contribution in [0.15, 0.2) is 23.3 Å². The lowest BCUT2D eigenvalue weighted by atomic mass is 10.2. The minimum Gasteiger partial charge on any atom is -0.461 e. The van der Waals surface area contributed by atoms with Crippen LogP contribution in [0.2, 0.25) is 0 Å². The fourth-order valence-electron chi connectivity index (χ4n) is 1.76. The molecule has 0 amide bonds. The van der Waals surface area contributed by atoms with E-state index in [1.54, 1.807) is 13.1 Å². The molecule has 0 saturated heterocycles. The number of nitrogens with one attached hydrogen (secondary N) is 1. The second kappa shape index (κ2) is 6.39. The number of hydrazone groups is 1. The minimum absolute atomic E-state index is 0.120. The van der Waals surface area contributed by atoms with Gasteiger partial charge in [0, 0.05) is 11.5 Å². The quantitative estimate of drug-likeness (QED) is 0.510. The molecule has 0 spiro atoms. The molecule has 0 atom stereocenters. The molecule has 0 aliphatic carbocycles. The molecule has 0 unspecified atom stereocenters. The first kappa shape index (κ1) is 14.3. The van der Waals surface area contributed by atoms with E-state index in [1.165, 1.54) is 0 Å². The van der Waals surface area contributed by atoms with Crippen molar-refractivity contribution in [2.45, 2.75) is 6.92 Å². The molecule has 0 saturated carbocycles. The molecule has 0 radical (unpaired) electrons. The Bertz CT molecular complexity index is 716. The zero-order valence-electron chi connectivity index (χ0n) is 11.6. The topological polar surface area (TPSA) is 94.9 Å². The van der Waals surface area contributed by atoms with Crippen LogP contribution in [0.25, 0.3) is 0 Å².